The van der Waals surface area contributed by atoms with Gasteiger partial charge in [0.15, 0.2) is 0 Å². The van der Waals surface area contributed by atoms with Gasteiger partial charge in [0.2, 0.25) is 29.5 Å². The number of hydrogen-bond acceptors (Lipinski definition) is 11. The minimum Gasteiger partial charge on any atom is -0.508 e. The van der Waals surface area contributed by atoms with Crippen LogP contribution in [0.3, 0.4) is 0 Å². The lowest BCUT2D eigenvalue weighted by Gasteiger charge is -2.30. The summed E-state index contributed by atoms with van der Waals surface area (Å²) in [6.45, 7) is 17.5. The fourth-order valence-corrected chi connectivity index (χ4v) is 7.35. The van der Waals surface area contributed by atoms with E-state index in [0.717, 1.165) is 0 Å². The maximum atomic E-state index is 14.3. The average Bonchev–Trinajstić information content (AvgIpc) is 3.73. The second-order valence-corrected chi connectivity index (χ2v) is 19.9. The molecule has 1 heterocycles. The van der Waals surface area contributed by atoms with E-state index in [2.05, 4.69) is 31.9 Å². The number of ether oxygens (including phenoxy) is 2. The number of carbonyl (C=O) groups is 8. The van der Waals surface area contributed by atoms with E-state index in [-0.39, 0.29) is 56.9 Å². The van der Waals surface area contributed by atoms with Gasteiger partial charge >= 0.3 is 18.2 Å². The van der Waals surface area contributed by atoms with Gasteiger partial charge < -0.3 is 51.6 Å². The summed E-state index contributed by atoms with van der Waals surface area (Å²) in [7, 11) is 0. The molecule has 68 heavy (non-hydrogen) atoms. The van der Waals surface area contributed by atoms with Crippen LogP contribution in [0.25, 0.3) is 0 Å². The number of aliphatic carboxylic acids is 1. The number of hydrogen-bond donors (Lipinski definition) is 8. The molecule has 1 aliphatic rings. The van der Waals surface area contributed by atoms with Crippen LogP contribution in [0.4, 0.5) is 9.59 Å². The van der Waals surface area contributed by atoms with E-state index in [0.29, 0.717) is 24.0 Å². The number of carbonyl (C=O) groups excluding carboxylic acids is 7. The molecule has 1 aliphatic heterocycles. The number of phenolic OH excluding ortho intramolecular Hbond substituents is 1. The van der Waals surface area contributed by atoms with Gasteiger partial charge in [-0.05, 0) is 109 Å². The van der Waals surface area contributed by atoms with Crippen LogP contribution in [0, 0.1) is 11.8 Å². The lowest BCUT2D eigenvalue weighted by atomic mass is 9.99. The molecule has 0 aromatic heterocycles. The number of nitrogens with zero attached hydrogens (tertiary/aromatic N) is 1. The van der Waals surface area contributed by atoms with Crippen molar-refractivity contribution in [2.75, 3.05) is 13.1 Å². The molecule has 0 unspecified atom stereocenters. The standard InChI is InChI=1S/C49H73N7O12/c1-29(2)26-35(41(59)54-37(45(63)64)28-31-16-12-11-13-17-31)52-40(58)34(18-14-24-50-46(65)67-48(5,6)7)51-44(62)39(30(3)4)55-42(60)36(27-32-20-22-33(57)23-21-32)53-43(61)38-19-15-25-56(38)47(66)68-49(8,9)10/h11-13,16-17,20-23,29-30,34-39,57H,14-15,18-19,24-28H2,1-10H3,(H,50,65)(H,51,62)(H,52,58)(H,53,61)(H,54,59)(H,55,60)(H,63,64)/t34-,35-,36+,37+,38-,39-/m0/s1. The molecule has 1 saturated heterocycles. The Morgan fingerprint density at radius 3 is 1.79 bits per heavy atom. The second-order valence-electron chi connectivity index (χ2n) is 19.9. The van der Waals surface area contributed by atoms with Crippen molar-refractivity contribution < 1.29 is 58.0 Å². The highest BCUT2D eigenvalue weighted by atomic mass is 16.6. The van der Waals surface area contributed by atoms with Crippen molar-refractivity contribution in [3.8, 4) is 5.75 Å². The number of benzene rings is 2. The van der Waals surface area contributed by atoms with Crippen LogP contribution in [-0.4, -0.2) is 123 Å². The fourth-order valence-electron chi connectivity index (χ4n) is 7.35. The predicted molar refractivity (Wildman–Crippen MR) is 253 cm³/mol. The number of likely N-dealkylation sites (tertiary alicyclic amines) is 1. The van der Waals surface area contributed by atoms with Crippen LogP contribution in [0.15, 0.2) is 54.6 Å². The van der Waals surface area contributed by atoms with Gasteiger partial charge in [-0.25, -0.2) is 14.4 Å². The molecule has 2 aromatic rings. The Labute approximate surface area is 399 Å². The Kier molecular flexibility index (Phi) is 21.1. The number of carboxylic acid groups (broad SMARTS) is 1. The van der Waals surface area contributed by atoms with Gasteiger partial charge in [0.05, 0.1) is 0 Å². The smallest absolute Gasteiger partial charge is 0.410 e. The number of nitrogens with one attached hydrogen (secondary N) is 6. The SMILES string of the molecule is CC(C)C[C@H](NC(=O)[C@H](CCCNC(=O)OC(C)(C)C)NC(=O)[C@@H](NC(=O)[C@@H](Cc1ccc(O)cc1)NC(=O)[C@@H]1CCCN1C(=O)OC(C)(C)C)C(C)C)C(=O)N[C@H](Cc1ccccc1)C(=O)O. The van der Waals surface area contributed by atoms with E-state index >= 15 is 0 Å². The van der Waals surface area contributed by atoms with Crippen LogP contribution < -0.4 is 31.9 Å². The lowest BCUT2D eigenvalue weighted by molar-refractivity contribution is -0.142. The van der Waals surface area contributed by atoms with Crippen molar-refractivity contribution in [1.82, 2.24) is 36.8 Å². The summed E-state index contributed by atoms with van der Waals surface area (Å²) in [5.41, 5.74) is -0.349. The second kappa shape index (κ2) is 25.7. The largest absolute Gasteiger partial charge is 0.508 e. The summed E-state index contributed by atoms with van der Waals surface area (Å²) < 4.78 is 10.8. The summed E-state index contributed by atoms with van der Waals surface area (Å²) in [6, 6.07) is 7.43. The molecule has 0 spiro atoms. The molecule has 0 radical (unpaired) electrons. The van der Waals surface area contributed by atoms with Crippen molar-refractivity contribution in [3.63, 3.8) is 0 Å². The van der Waals surface area contributed by atoms with Gasteiger partial charge in [-0.2, -0.15) is 0 Å². The van der Waals surface area contributed by atoms with E-state index in [1.807, 2.05) is 13.8 Å². The molecular formula is C49H73N7O12. The lowest BCUT2D eigenvalue weighted by Crippen LogP contribution is -2.60. The Hall–Kier alpha value is -6.40. The summed E-state index contributed by atoms with van der Waals surface area (Å²) >= 11 is 0. The molecule has 3 rings (SSSR count). The number of phenols is 1. The topological polar surface area (TPSA) is 271 Å². The first-order valence-corrected chi connectivity index (χ1v) is 23.3. The molecule has 8 N–H and O–H groups in total. The predicted octanol–water partition coefficient (Wildman–Crippen LogP) is 4.09. The van der Waals surface area contributed by atoms with E-state index < -0.39 is 101 Å². The first-order valence-electron chi connectivity index (χ1n) is 23.3. The first kappa shape index (κ1) is 55.9. The molecular weight excluding hydrogens is 879 g/mol. The highest BCUT2D eigenvalue weighted by molar-refractivity contribution is 5.97. The Morgan fingerprint density at radius 1 is 0.676 bits per heavy atom. The van der Waals surface area contributed by atoms with Gasteiger partial charge in [-0.1, -0.05) is 70.2 Å². The zero-order valence-corrected chi connectivity index (χ0v) is 41.1. The average molecular weight is 952 g/mol. The van der Waals surface area contributed by atoms with Crippen LogP contribution in [0.5, 0.6) is 5.75 Å². The Bertz CT molecular complexity index is 2030. The molecule has 19 heteroatoms. The van der Waals surface area contributed by atoms with Crippen LogP contribution in [0.1, 0.15) is 112 Å². The third kappa shape index (κ3) is 19.4. The summed E-state index contributed by atoms with van der Waals surface area (Å²) in [4.78, 5) is 109. The van der Waals surface area contributed by atoms with Gasteiger partial charge in [-0.15, -0.1) is 0 Å². The molecule has 7 amide bonds. The van der Waals surface area contributed by atoms with Crippen LogP contribution >= 0.6 is 0 Å². The van der Waals surface area contributed by atoms with Gasteiger partial charge in [0.25, 0.3) is 0 Å². The van der Waals surface area contributed by atoms with Gasteiger partial charge in [0, 0.05) is 25.9 Å². The monoisotopic (exact) mass is 952 g/mol. The third-order valence-corrected chi connectivity index (χ3v) is 10.6. The molecule has 6 atom stereocenters. The number of aromatic hydroxyl groups is 1. The minimum atomic E-state index is -1.32. The van der Waals surface area contributed by atoms with Crippen LogP contribution in [-0.2, 0) is 51.1 Å². The third-order valence-electron chi connectivity index (χ3n) is 10.6. The highest BCUT2D eigenvalue weighted by Gasteiger charge is 2.39. The Balaban J connectivity index is 1.89. The maximum Gasteiger partial charge on any atom is 0.410 e. The van der Waals surface area contributed by atoms with E-state index in [9.17, 15) is 48.6 Å². The zero-order chi connectivity index (χ0) is 50.9. The number of rotatable bonds is 22. The fraction of sp³-hybridized carbons (Fsp3) is 0.592. The Morgan fingerprint density at radius 2 is 1.22 bits per heavy atom. The van der Waals surface area contributed by atoms with E-state index in [1.165, 1.54) is 17.0 Å². The number of carboxylic acids is 1. The molecule has 0 saturated carbocycles. The zero-order valence-electron chi connectivity index (χ0n) is 41.1. The number of amides is 7. The van der Waals surface area contributed by atoms with E-state index in [4.69, 9.17) is 9.47 Å². The minimum absolute atomic E-state index is 0.0134. The summed E-state index contributed by atoms with van der Waals surface area (Å²) in [6.07, 6.45) is -0.386. The van der Waals surface area contributed by atoms with Crippen molar-refractivity contribution in [1.29, 1.82) is 0 Å². The molecule has 2 aromatic carbocycles. The van der Waals surface area contributed by atoms with Crippen LogP contribution in [0.2, 0.25) is 0 Å². The van der Waals surface area contributed by atoms with Crippen molar-refractivity contribution in [2.45, 2.75) is 162 Å². The highest BCUT2D eigenvalue weighted by Crippen LogP contribution is 2.22. The van der Waals surface area contributed by atoms with Crippen molar-refractivity contribution >= 4 is 47.7 Å². The molecule has 1 fully saturated rings. The van der Waals surface area contributed by atoms with Crippen molar-refractivity contribution in [3.05, 3.63) is 65.7 Å². The number of alkyl carbamates (subject to hydrolysis) is 1. The first-order chi connectivity index (χ1) is 31.7. The van der Waals surface area contributed by atoms with Gasteiger partial charge in [-0.3, -0.25) is 28.9 Å². The van der Waals surface area contributed by atoms with Crippen molar-refractivity contribution in [2.24, 2.45) is 11.8 Å². The van der Waals surface area contributed by atoms with Gasteiger partial charge in [0.1, 0.15) is 53.2 Å². The normalized spacial score (nSPS) is 16.1. The molecule has 0 aliphatic carbocycles. The molecule has 0 bridgehead atoms. The maximum absolute atomic E-state index is 14.3. The van der Waals surface area contributed by atoms with E-state index in [1.54, 1.807) is 97.9 Å². The molecule has 19 nitrogen and oxygen atoms in total. The summed E-state index contributed by atoms with van der Waals surface area (Å²) in [5, 5.41) is 36.1. The summed E-state index contributed by atoms with van der Waals surface area (Å²) in [5.74, 6) is -5.64. The molecule has 376 valence electrons. The quantitative estimate of drug-likeness (QED) is 0.0776.